The first kappa shape index (κ1) is 27.6. The van der Waals surface area contributed by atoms with Crippen molar-refractivity contribution in [3.63, 3.8) is 0 Å². The molecule has 3 aromatic heterocycles. The fraction of sp³-hybridized carbons (Fsp3) is 0. The zero-order valence-corrected chi connectivity index (χ0v) is 27.7. The molecule has 50 heavy (non-hydrogen) atoms. The number of fused-ring (bicyclic) bond motifs is 11. The van der Waals surface area contributed by atoms with Gasteiger partial charge in [0.2, 0.25) is 0 Å². The number of furan rings is 1. The molecule has 0 N–H and O–H groups in total. The minimum absolute atomic E-state index is 0.872. The van der Waals surface area contributed by atoms with Gasteiger partial charge in [0.15, 0.2) is 5.58 Å². The first-order valence-electron chi connectivity index (χ1n) is 16.9. The molecule has 8 aromatic carbocycles. The van der Waals surface area contributed by atoms with Gasteiger partial charge >= 0.3 is 0 Å². The van der Waals surface area contributed by atoms with Crippen LogP contribution in [0.1, 0.15) is 0 Å². The Morgan fingerprint density at radius 1 is 0.420 bits per heavy atom. The van der Waals surface area contributed by atoms with E-state index in [4.69, 9.17) is 4.42 Å². The number of benzene rings is 8. The highest BCUT2D eigenvalue weighted by Crippen LogP contribution is 2.50. The Balaban J connectivity index is 1.31. The summed E-state index contributed by atoms with van der Waals surface area (Å²) in [4.78, 5) is 2.45. The molecule has 0 amide bonds. The van der Waals surface area contributed by atoms with Crippen LogP contribution in [-0.2, 0) is 0 Å². The number of anilines is 3. The van der Waals surface area contributed by atoms with Crippen molar-refractivity contribution in [1.29, 1.82) is 0 Å². The van der Waals surface area contributed by atoms with E-state index >= 15 is 0 Å². The molecule has 0 spiro atoms. The molecule has 11 rings (SSSR count). The summed E-state index contributed by atoms with van der Waals surface area (Å²) in [7, 11) is 0. The molecule has 3 nitrogen and oxygen atoms in total. The van der Waals surface area contributed by atoms with E-state index < -0.39 is 0 Å². The Hall–Kier alpha value is -6.36. The highest BCUT2D eigenvalue weighted by molar-refractivity contribution is 7.27. The highest BCUT2D eigenvalue weighted by atomic mass is 32.1. The zero-order chi connectivity index (χ0) is 32.8. The summed E-state index contributed by atoms with van der Waals surface area (Å²) in [6.07, 6.45) is 0. The molecule has 0 radical (unpaired) electrons. The van der Waals surface area contributed by atoms with Crippen molar-refractivity contribution < 1.29 is 4.42 Å². The lowest BCUT2D eigenvalue weighted by atomic mass is 10.0. The first-order valence-corrected chi connectivity index (χ1v) is 17.8. The van der Waals surface area contributed by atoms with Crippen molar-refractivity contribution in [2.45, 2.75) is 0 Å². The van der Waals surface area contributed by atoms with Gasteiger partial charge in [-0.15, -0.1) is 11.3 Å². The van der Waals surface area contributed by atoms with E-state index in [-0.39, 0.29) is 0 Å². The minimum Gasteiger partial charge on any atom is -0.454 e. The van der Waals surface area contributed by atoms with E-state index in [1.54, 1.807) is 0 Å². The predicted octanol–water partition coefficient (Wildman–Crippen LogP) is 13.7. The molecule has 0 aliphatic carbocycles. The normalized spacial score (nSPS) is 12.0. The van der Waals surface area contributed by atoms with Crippen LogP contribution < -0.4 is 4.90 Å². The summed E-state index contributed by atoms with van der Waals surface area (Å²) in [5.41, 5.74) is 8.43. The maximum Gasteiger partial charge on any atom is 0.159 e. The van der Waals surface area contributed by atoms with E-state index in [0.29, 0.717) is 0 Å². The summed E-state index contributed by atoms with van der Waals surface area (Å²) >= 11 is 1.88. The molecule has 234 valence electrons. The highest BCUT2D eigenvalue weighted by Gasteiger charge is 2.26. The molecule has 0 unspecified atom stereocenters. The molecule has 0 aliphatic rings. The Morgan fingerprint density at radius 2 is 1.06 bits per heavy atom. The van der Waals surface area contributed by atoms with E-state index in [2.05, 4.69) is 173 Å². The van der Waals surface area contributed by atoms with Gasteiger partial charge in [-0.25, -0.2) is 0 Å². The summed E-state index contributed by atoms with van der Waals surface area (Å²) < 4.78 is 11.7. The van der Waals surface area contributed by atoms with Crippen LogP contribution >= 0.6 is 11.3 Å². The number of nitrogens with zero attached hydrogens (tertiary/aromatic N) is 2. The molecule has 11 aromatic rings. The fourth-order valence-electron chi connectivity index (χ4n) is 8.01. The number of hydrogen-bond donors (Lipinski definition) is 0. The molecule has 0 fully saturated rings. The van der Waals surface area contributed by atoms with Crippen LogP contribution in [0.15, 0.2) is 174 Å². The van der Waals surface area contributed by atoms with Crippen LogP contribution in [-0.4, -0.2) is 4.57 Å². The number of para-hydroxylation sites is 5. The van der Waals surface area contributed by atoms with Crippen molar-refractivity contribution in [2.24, 2.45) is 0 Å². The third-order valence-electron chi connectivity index (χ3n) is 10.2. The molecule has 0 atom stereocenters. The second-order valence-corrected chi connectivity index (χ2v) is 13.9. The summed E-state index contributed by atoms with van der Waals surface area (Å²) in [5.74, 6) is 0. The van der Waals surface area contributed by atoms with Crippen molar-refractivity contribution in [2.75, 3.05) is 4.90 Å². The number of hydrogen-bond acceptors (Lipinski definition) is 3. The first-order chi connectivity index (χ1) is 24.8. The molecule has 0 bridgehead atoms. The second kappa shape index (κ2) is 10.6. The maximum atomic E-state index is 6.78. The molecular formula is C46H28N2OS. The van der Waals surface area contributed by atoms with Crippen LogP contribution in [0.25, 0.3) is 80.4 Å². The van der Waals surface area contributed by atoms with E-state index in [0.717, 1.165) is 50.2 Å². The summed E-state index contributed by atoms with van der Waals surface area (Å²) in [6, 6.07) is 61.1. The summed E-state index contributed by atoms with van der Waals surface area (Å²) in [5, 5.41) is 9.74. The van der Waals surface area contributed by atoms with Gasteiger partial charge in [-0.3, -0.25) is 0 Å². The van der Waals surface area contributed by atoms with Crippen molar-refractivity contribution >= 4 is 103 Å². The quantitative estimate of drug-likeness (QED) is 0.188. The van der Waals surface area contributed by atoms with Gasteiger partial charge in [0.25, 0.3) is 0 Å². The van der Waals surface area contributed by atoms with Gasteiger partial charge in [0.05, 0.1) is 32.8 Å². The Labute approximate surface area is 291 Å². The van der Waals surface area contributed by atoms with E-state index in [1.807, 2.05) is 17.4 Å². The van der Waals surface area contributed by atoms with Crippen LogP contribution in [0.5, 0.6) is 0 Å². The van der Waals surface area contributed by atoms with Gasteiger partial charge in [-0.05, 0) is 53.2 Å². The molecule has 3 heterocycles. The van der Waals surface area contributed by atoms with Gasteiger partial charge in [0.1, 0.15) is 5.58 Å². The molecular weight excluding hydrogens is 629 g/mol. The van der Waals surface area contributed by atoms with Gasteiger partial charge in [-0.2, -0.15) is 0 Å². The largest absolute Gasteiger partial charge is 0.454 e. The predicted molar refractivity (Wildman–Crippen MR) is 213 cm³/mol. The lowest BCUT2D eigenvalue weighted by Gasteiger charge is -2.27. The SMILES string of the molecule is c1ccc(-n2c3ccccc3c3cccc(N(c4cccc5c4oc4ccccc45)c4cccc5c4sc4c6ccccc6ccc54)c32)cc1. The molecule has 0 saturated carbocycles. The Kier molecular flexibility index (Phi) is 5.83. The maximum absolute atomic E-state index is 6.78. The lowest BCUT2D eigenvalue weighted by molar-refractivity contribution is 0.669. The Bertz CT molecular complexity index is 3110. The minimum atomic E-state index is 0.872. The van der Waals surface area contributed by atoms with Crippen LogP contribution in [0.2, 0.25) is 0 Å². The zero-order valence-electron chi connectivity index (χ0n) is 26.9. The Morgan fingerprint density at radius 3 is 1.94 bits per heavy atom. The average Bonchev–Trinajstić information content (AvgIpc) is 3.86. The van der Waals surface area contributed by atoms with Gasteiger partial charge < -0.3 is 13.9 Å². The van der Waals surface area contributed by atoms with E-state index in [9.17, 15) is 0 Å². The standard InChI is InChI=1S/C46H28N2OS/c1-2-14-30(15-3-1)47-38-22-8-6-17-32(38)34-19-10-23-39(43(34)47)48(40-24-11-20-35-33-18-7-9-26-42(33)49-44(35)40)41-25-12-21-36-37-28-27-29-13-4-5-16-31(29)45(37)50-46(36)41/h1-28H. The second-order valence-electron chi connectivity index (χ2n) is 12.9. The van der Waals surface area contributed by atoms with Gasteiger partial charge in [0, 0.05) is 42.7 Å². The topological polar surface area (TPSA) is 21.3 Å². The fourth-order valence-corrected chi connectivity index (χ4v) is 9.35. The third-order valence-corrected chi connectivity index (χ3v) is 11.4. The van der Waals surface area contributed by atoms with Crippen LogP contribution in [0, 0.1) is 0 Å². The molecule has 0 aliphatic heterocycles. The van der Waals surface area contributed by atoms with E-state index in [1.165, 1.54) is 47.2 Å². The van der Waals surface area contributed by atoms with Crippen molar-refractivity contribution in [3.05, 3.63) is 170 Å². The number of aromatic nitrogens is 1. The van der Waals surface area contributed by atoms with Crippen molar-refractivity contribution in [1.82, 2.24) is 4.57 Å². The van der Waals surface area contributed by atoms with Gasteiger partial charge in [-0.1, -0.05) is 127 Å². The smallest absolute Gasteiger partial charge is 0.159 e. The monoisotopic (exact) mass is 656 g/mol. The molecule has 0 saturated heterocycles. The van der Waals surface area contributed by atoms with Crippen LogP contribution in [0.4, 0.5) is 17.1 Å². The third kappa shape index (κ3) is 3.85. The number of thiophene rings is 1. The summed E-state index contributed by atoms with van der Waals surface area (Å²) in [6.45, 7) is 0. The van der Waals surface area contributed by atoms with Crippen molar-refractivity contribution in [3.8, 4) is 5.69 Å². The van der Waals surface area contributed by atoms with Crippen LogP contribution in [0.3, 0.4) is 0 Å². The number of rotatable bonds is 4. The average molecular weight is 657 g/mol. The molecule has 4 heteroatoms. The lowest BCUT2D eigenvalue weighted by Crippen LogP contribution is -2.12.